The Bertz CT molecular complexity index is 1280. The minimum atomic E-state index is -0.276. The van der Waals surface area contributed by atoms with Crippen LogP contribution in [0.3, 0.4) is 0 Å². The highest BCUT2D eigenvalue weighted by Crippen LogP contribution is 2.30. The third-order valence-corrected chi connectivity index (χ3v) is 6.11. The van der Waals surface area contributed by atoms with Crippen molar-refractivity contribution in [2.24, 2.45) is 0 Å². The molecule has 31 heavy (non-hydrogen) atoms. The summed E-state index contributed by atoms with van der Waals surface area (Å²) in [5.41, 5.74) is 2.12. The van der Waals surface area contributed by atoms with E-state index in [-0.39, 0.29) is 11.5 Å². The number of nitrogens with zero attached hydrogens (tertiary/aromatic N) is 2. The highest BCUT2D eigenvalue weighted by atomic mass is 32.1. The van der Waals surface area contributed by atoms with Gasteiger partial charge in [-0.25, -0.2) is 4.98 Å². The van der Waals surface area contributed by atoms with Gasteiger partial charge in [0.2, 0.25) is 0 Å². The van der Waals surface area contributed by atoms with Gasteiger partial charge in [-0.2, -0.15) is 0 Å². The largest absolute Gasteiger partial charge is 0.491 e. The van der Waals surface area contributed by atoms with Gasteiger partial charge >= 0.3 is 0 Å². The first-order chi connectivity index (χ1) is 15.1. The van der Waals surface area contributed by atoms with Crippen molar-refractivity contribution in [1.29, 1.82) is 0 Å². The first kappa shape index (κ1) is 20.8. The molecule has 0 aliphatic carbocycles. The van der Waals surface area contributed by atoms with Gasteiger partial charge in [0.1, 0.15) is 10.6 Å². The molecule has 0 fully saturated rings. The Balaban J connectivity index is 1.65. The van der Waals surface area contributed by atoms with E-state index in [0.29, 0.717) is 45.2 Å². The molecule has 0 bridgehead atoms. The van der Waals surface area contributed by atoms with Crippen LogP contribution >= 0.6 is 11.3 Å². The molecule has 0 aliphatic heterocycles. The third-order valence-electron chi connectivity index (χ3n) is 4.92. The second kappa shape index (κ2) is 9.14. The Labute approximate surface area is 184 Å². The van der Waals surface area contributed by atoms with Crippen LogP contribution in [0.5, 0.6) is 5.75 Å². The summed E-state index contributed by atoms with van der Waals surface area (Å²) in [7, 11) is 0. The summed E-state index contributed by atoms with van der Waals surface area (Å²) in [5, 5.41) is 3.41. The average molecular weight is 434 g/mol. The second-order valence-electron chi connectivity index (χ2n) is 7.20. The Morgan fingerprint density at radius 3 is 2.65 bits per heavy atom. The summed E-state index contributed by atoms with van der Waals surface area (Å²) < 4.78 is 7.30. The molecule has 1 amide bonds. The second-order valence-corrected chi connectivity index (χ2v) is 8.20. The lowest BCUT2D eigenvalue weighted by Crippen LogP contribution is -2.21. The average Bonchev–Trinajstić information content (AvgIpc) is 3.13. The van der Waals surface area contributed by atoms with Gasteiger partial charge in [0, 0.05) is 0 Å². The number of hydrogen-bond acceptors (Lipinski definition) is 5. The van der Waals surface area contributed by atoms with Gasteiger partial charge in [0.25, 0.3) is 11.5 Å². The number of thiophene rings is 1. The lowest BCUT2D eigenvalue weighted by Gasteiger charge is -2.11. The molecule has 7 heteroatoms. The van der Waals surface area contributed by atoms with E-state index in [9.17, 15) is 9.59 Å². The quantitative estimate of drug-likeness (QED) is 0.452. The zero-order valence-electron chi connectivity index (χ0n) is 17.4. The van der Waals surface area contributed by atoms with Crippen LogP contribution in [0.2, 0.25) is 0 Å². The van der Waals surface area contributed by atoms with Gasteiger partial charge in [-0.05, 0) is 36.6 Å². The monoisotopic (exact) mass is 433 g/mol. The molecular weight excluding hydrogens is 410 g/mol. The number of aryl methyl sites for hydroxylation is 1. The van der Waals surface area contributed by atoms with Gasteiger partial charge in [-0.1, -0.05) is 49.4 Å². The van der Waals surface area contributed by atoms with Crippen molar-refractivity contribution in [3.63, 3.8) is 0 Å². The first-order valence-corrected chi connectivity index (χ1v) is 11.0. The molecule has 0 radical (unpaired) electrons. The van der Waals surface area contributed by atoms with E-state index in [2.05, 4.69) is 10.3 Å². The minimum absolute atomic E-state index is 0.145. The summed E-state index contributed by atoms with van der Waals surface area (Å²) in [6.07, 6.45) is 2.42. The van der Waals surface area contributed by atoms with Gasteiger partial charge in [0.05, 0.1) is 35.4 Å². The van der Waals surface area contributed by atoms with Crippen LogP contribution < -0.4 is 15.6 Å². The fourth-order valence-electron chi connectivity index (χ4n) is 3.36. The van der Waals surface area contributed by atoms with Crippen LogP contribution in [0.4, 0.5) is 5.69 Å². The fraction of sp³-hybridized carbons (Fsp3) is 0.208. The van der Waals surface area contributed by atoms with Gasteiger partial charge < -0.3 is 10.1 Å². The highest BCUT2D eigenvalue weighted by Gasteiger charge is 2.20. The van der Waals surface area contributed by atoms with Crippen molar-refractivity contribution in [3.05, 3.63) is 87.3 Å². The van der Waals surface area contributed by atoms with Crippen molar-refractivity contribution in [3.8, 4) is 5.75 Å². The lowest BCUT2D eigenvalue weighted by atomic mass is 10.2. The highest BCUT2D eigenvalue weighted by molar-refractivity contribution is 7.20. The Kier molecular flexibility index (Phi) is 6.13. The number of carbonyl (C=O) groups excluding carboxylic acids is 1. The number of ether oxygens (including phenoxy) is 1. The van der Waals surface area contributed by atoms with Crippen LogP contribution in [0, 0.1) is 6.92 Å². The maximum absolute atomic E-state index is 13.1. The molecular formula is C24H23N3O3S. The van der Waals surface area contributed by atoms with Crippen molar-refractivity contribution in [2.45, 2.75) is 26.8 Å². The lowest BCUT2D eigenvalue weighted by molar-refractivity contribution is 0.102. The van der Waals surface area contributed by atoms with Crippen LogP contribution in [0.1, 0.15) is 34.1 Å². The van der Waals surface area contributed by atoms with E-state index >= 15 is 0 Å². The number of para-hydroxylation sites is 2. The number of rotatable bonds is 7. The Hall–Kier alpha value is -3.45. The molecule has 0 aliphatic rings. The molecule has 0 unspecified atom stereocenters. The van der Waals surface area contributed by atoms with E-state index < -0.39 is 0 Å². The number of amides is 1. The smallest absolute Gasteiger partial charge is 0.266 e. The predicted octanol–water partition coefficient (Wildman–Crippen LogP) is 4.86. The molecule has 0 saturated carbocycles. The van der Waals surface area contributed by atoms with Crippen molar-refractivity contribution < 1.29 is 9.53 Å². The van der Waals surface area contributed by atoms with Crippen molar-refractivity contribution >= 4 is 33.1 Å². The van der Waals surface area contributed by atoms with Crippen LogP contribution in [0.15, 0.2) is 65.7 Å². The summed E-state index contributed by atoms with van der Waals surface area (Å²) in [6, 6.07) is 17.1. The van der Waals surface area contributed by atoms with Crippen molar-refractivity contribution in [1.82, 2.24) is 9.55 Å². The number of fused-ring (bicyclic) bond motifs is 1. The summed E-state index contributed by atoms with van der Waals surface area (Å²) in [4.78, 5) is 31.6. The number of nitrogens with one attached hydrogen (secondary N) is 1. The molecule has 2 aromatic carbocycles. The van der Waals surface area contributed by atoms with Crippen LogP contribution in [-0.2, 0) is 6.54 Å². The fourth-order valence-corrected chi connectivity index (χ4v) is 4.39. The predicted molar refractivity (Wildman–Crippen MR) is 124 cm³/mol. The topological polar surface area (TPSA) is 73.2 Å². The molecule has 0 spiro atoms. The van der Waals surface area contributed by atoms with Gasteiger partial charge in [-0.15, -0.1) is 11.3 Å². The molecule has 2 aromatic heterocycles. The van der Waals surface area contributed by atoms with E-state index in [1.165, 1.54) is 11.3 Å². The summed E-state index contributed by atoms with van der Waals surface area (Å²) in [6.45, 7) is 4.82. The maximum Gasteiger partial charge on any atom is 0.266 e. The number of aromatic nitrogens is 2. The Morgan fingerprint density at radius 1 is 1.13 bits per heavy atom. The standard InChI is InChI=1S/C24H23N3O3S/c1-3-13-30-19-12-8-7-11-18(19)26-22(28)21-16(2)20-23(31-21)25-15-27(24(20)29)14-17-9-5-4-6-10-17/h4-12,15H,3,13-14H2,1-2H3,(H,26,28). The number of benzene rings is 2. The van der Waals surface area contributed by atoms with Gasteiger partial charge in [0.15, 0.2) is 0 Å². The number of hydrogen-bond donors (Lipinski definition) is 1. The SMILES string of the molecule is CCCOc1ccccc1NC(=O)c1sc2ncn(Cc3ccccc3)c(=O)c2c1C. The molecule has 2 heterocycles. The van der Waals surface area contributed by atoms with E-state index in [4.69, 9.17) is 4.74 Å². The zero-order chi connectivity index (χ0) is 21.8. The van der Waals surface area contributed by atoms with Crippen LogP contribution in [-0.4, -0.2) is 22.1 Å². The van der Waals surface area contributed by atoms with Gasteiger partial charge in [-0.3, -0.25) is 14.2 Å². The molecule has 6 nitrogen and oxygen atoms in total. The molecule has 4 rings (SSSR count). The molecule has 1 N–H and O–H groups in total. The molecule has 158 valence electrons. The van der Waals surface area contributed by atoms with Crippen molar-refractivity contribution in [2.75, 3.05) is 11.9 Å². The minimum Gasteiger partial charge on any atom is -0.491 e. The summed E-state index contributed by atoms with van der Waals surface area (Å²) in [5.74, 6) is 0.349. The molecule has 0 atom stereocenters. The maximum atomic E-state index is 13.1. The van der Waals surface area contributed by atoms with E-state index in [0.717, 1.165) is 12.0 Å². The van der Waals surface area contributed by atoms with E-state index in [1.54, 1.807) is 23.9 Å². The zero-order valence-corrected chi connectivity index (χ0v) is 18.2. The van der Waals surface area contributed by atoms with Crippen LogP contribution in [0.25, 0.3) is 10.2 Å². The number of anilines is 1. The molecule has 4 aromatic rings. The number of carbonyl (C=O) groups is 1. The van der Waals surface area contributed by atoms with E-state index in [1.807, 2.05) is 55.5 Å². The molecule has 0 saturated heterocycles. The Morgan fingerprint density at radius 2 is 1.87 bits per heavy atom. The third kappa shape index (κ3) is 4.36. The first-order valence-electron chi connectivity index (χ1n) is 10.1. The summed E-state index contributed by atoms with van der Waals surface area (Å²) >= 11 is 1.23. The normalized spacial score (nSPS) is 10.9.